The maximum absolute atomic E-state index is 12.4. The molecule has 1 N–H and O–H groups in total. The number of carbonyl (C=O) groups is 1. The van der Waals surface area contributed by atoms with Crippen molar-refractivity contribution in [1.82, 2.24) is 15.5 Å². The molecule has 0 radical (unpaired) electrons. The molecule has 6 nitrogen and oxygen atoms in total. The van der Waals surface area contributed by atoms with Crippen molar-refractivity contribution in [3.8, 4) is 10.7 Å². The molecule has 2 aromatic rings. The molecule has 0 aliphatic rings. The zero-order valence-electron chi connectivity index (χ0n) is 10.9. The molecule has 1 atom stereocenters. The third-order valence-electron chi connectivity index (χ3n) is 2.49. The Morgan fingerprint density at radius 3 is 2.71 bits per heavy atom. The summed E-state index contributed by atoms with van der Waals surface area (Å²) in [6.45, 7) is 0. The van der Waals surface area contributed by atoms with Gasteiger partial charge in [0.15, 0.2) is 6.10 Å². The van der Waals surface area contributed by atoms with Gasteiger partial charge in [0, 0.05) is 19.0 Å². The van der Waals surface area contributed by atoms with Gasteiger partial charge in [-0.25, -0.2) is 0 Å². The fraction of sp³-hybridized carbons (Fsp3) is 0.364. The topological polar surface area (TPSA) is 77.2 Å². The number of carbonyl (C=O) groups excluding carboxylic acids is 1. The molecule has 10 heteroatoms. The van der Waals surface area contributed by atoms with Crippen LogP contribution < -0.4 is 5.32 Å². The SMILES string of the molecule is CNC(=O)C(OC)c1ccc(-c2noc(C(F)(F)F)n2)s1. The van der Waals surface area contributed by atoms with E-state index in [1.807, 2.05) is 0 Å². The van der Waals surface area contributed by atoms with Gasteiger partial charge in [-0.15, -0.1) is 11.3 Å². The van der Waals surface area contributed by atoms with E-state index in [4.69, 9.17) is 4.74 Å². The first-order valence-electron chi connectivity index (χ1n) is 5.62. The molecule has 1 amide bonds. The van der Waals surface area contributed by atoms with Crippen LogP contribution in [0.25, 0.3) is 10.7 Å². The monoisotopic (exact) mass is 321 g/mol. The highest BCUT2D eigenvalue weighted by Gasteiger charge is 2.38. The van der Waals surface area contributed by atoms with E-state index in [1.54, 1.807) is 6.07 Å². The van der Waals surface area contributed by atoms with Gasteiger partial charge in [-0.2, -0.15) is 18.2 Å². The first kappa shape index (κ1) is 15.4. The second kappa shape index (κ2) is 5.82. The lowest BCUT2D eigenvalue weighted by atomic mass is 10.2. The minimum Gasteiger partial charge on any atom is -0.366 e. The van der Waals surface area contributed by atoms with Crippen molar-refractivity contribution in [3.05, 3.63) is 22.9 Å². The number of nitrogens with one attached hydrogen (secondary N) is 1. The third-order valence-corrected chi connectivity index (χ3v) is 3.62. The summed E-state index contributed by atoms with van der Waals surface area (Å²) >= 11 is 1.05. The number of hydrogen-bond donors (Lipinski definition) is 1. The molecule has 114 valence electrons. The van der Waals surface area contributed by atoms with E-state index >= 15 is 0 Å². The van der Waals surface area contributed by atoms with Crippen molar-refractivity contribution in [2.75, 3.05) is 14.2 Å². The average molecular weight is 321 g/mol. The summed E-state index contributed by atoms with van der Waals surface area (Å²) in [4.78, 5) is 15.7. The van der Waals surface area contributed by atoms with E-state index in [0.717, 1.165) is 11.3 Å². The quantitative estimate of drug-likeness (QED) is 0.934. The summed E-state index contributed by atoms with van der Waals surface area (Å²) in [6.07, 6.45) is -5.54. The van der Waals surface area contributed by atoms with Gasteiger partial charge in [0.1, 0.15) is 0 Å². The van der Waals surface area contributed by atoms with E-state index in [1.165, 1.54) is 20.2 Å². The van der Waals surface area contributed by atoms with Crippen LogP contribution in [0, 0.1) is 0 Å². The number of hydrogen-bond acceptors (Lipinski definition) is 6. The summed E-state index contributed by atoms with van der Waals surface area (Å²) in [5.41, 5.74) is 0. The van der Waals surface area contributed by atoms with Crippen LogP contribution >= 0.6 is 11.3 Å². The Morgan fingerprint density at radius 2 is 2.19 bits per heavy atom. The highest BCUT2D eigenvalue weighted by atomic mass is 32.1. The van der Waals surface area contributed by atoms with Crippen LogP contribution in [0.2, 0.25) is 0 Å². The summed E-state index contributed by atoms with van der Waals surface area (Å²) in [7, 11) is 2.81. The first-order chi connectivity index (χ1) is 9.86. The molecule has 0 saturated heterocycles. The molecule has 2 rings (SSSR count). The summed E-state index contributed by atoms with van der Waals surface area (Å²) < 4.78 is 46.4. The number of thiophene rings is 1. The van der Waals surface area contributed by atoms with Gasteiger partial charge in [0.05, 0.1) is 4.88 Å². The maximum Gasteiger partial charge on any atom is 0.471 e. The lowest BCUT2D eigenvalue weighted by Gasteiger charge is -2.10. The van der Waals surface area contributed by atoms with E-state index < -0.39 is 18.2 Å². The van der Waals surface area contributed by atoms with Crippen molar-refractivity contribution in [2.24, 2.45) is 0 Å². The lowest BCUT2D eigenvalue weighted by molar-refractivity contribution is -0.159. The van der Waals surface area contributed by atoms with Crippen LogP contribution in [0.5, 0.6) is 0 Å². The Kier molecular flexibility index (Phi) is 4.28. The van der Waals surface area contributed by atoms with Crippen molar-refractivity contribution < 1.29 is 27.2 Å². The van der Waals surface area contributed by atoms with Crippen LogP contribution in [0.3, 0.4) is 0 Å². The largest absolute Gasteiger partial charge is 0.471 e. The number of rotatable bonds is 4. The molecule has 2 aromatic heterocycles. The van der Waals surface area contributed by atoms with Crippen molar-refractivity contribution in [1.29, 1.82) is 0 Å². The molecule has 0 fully saturated rings. The Bertz CT molecular complexity index is 638. The van der Waals surface area contributed by atoms with Crippen LogP contribution in [-0.4, -0.2) is 30.2 Å². The molecule has 0 aliphatic carbocycles. The van der Waals surface area contributed by atoms with Crippen LogP contribution in [0.15, 0.2) is 16.7 Å². The Balaban J connectivity index is 2.27. The summed E-state index contributed by atoms with van der Waals surface area (Å²) in [6, 6.07) is 3.06. The number of amides is 1. The van der Waals surface area contributed by atoms with Gasteiger partial charge < -0.3 is 14.6 Å². The molecular weight excluding hydrogens is 311 g/mol. The van der Waals surface area contributed by atoms with Gasteiger partial charge in [0.2, 0.25) is 5.82 Å². The van der Waals surface area contributed by atoms with Gasteiger partial charge in [-0.3, -0.25) is 4.79 Å². The number of likely N-dealkylation sites (N-methyl/N-ethyl adjacent to an activating group) is 1. The molecule has 0 aliphatic heterocycles. The molecule has 0 saturated carbocycles. The highest BCUT2D eigenvalue weighted by Crippen LogP contribution is 2.34. The molecule has 1 unspecified atom stereocenters. The molecule has 0 spiro atoms. The first-order valence-corrected chi connectivity index (χ1v) is 6.44. The Labute approximate surface area is 120 Å². The summed E-state index contributed by atoms with van der Waals surface area (Å²) in [5.74, 6) is -1.97. The van der Waals surface area contributed by atoms with Gasteiger partial charge >= 0.3 is 12.1 Å². The second-order valence-corrected chi connectivity index (χ2v) is 4.97. The van der Waals surface area contributed by atoms with Crippen LogP contribution in [-0.2, 0) is 15.7 Å². The zero-order chi connectivity index (χ0) is 15.6. The fourth-order valence-electron chi connectivity index (χ4n) is 1.54. The van der Waals surface area contributed by atoms with E-state index in [0.29, 0.717) is 9.75 Å². The maximum atomic E-state index is 12.4. The lowest BCUT2D eigenvalue weighted by Crippen LogP contribution is -2.26. The minimum atomic E-state index is -4.69. The molecule has 21 heavy (non-hydrogen) atoms. The van der Waals surface area contributed by atoms with Gasteiger partial charge in [-0.05, 0) is 12.1 Å². The fourth-order valence-corrected chi connectivity index (χ4v) is 2.55. The minimum absolute atomic E-state index is 0.190. The van der Waals surface area contributed by atoms with Gasteiger partial charge in [-0.1, -0.05) is 5.16 Å². The predicted octanol–water partition coefficient (Wildman–Crippen LogP) is 2.25. The normalized spacial score (nSPS) is 13.2. The summed E-state index contributed by atoms with van der Waals surface area (Å²) in [5, 5.41) is 5.71. The van der Waals surface area contributed by atoms with Crippen LogP contribution in [0.4, 0.5) is 13.2 Å². The van der Waals surface area contributed by atoms with E-state index in [9.17, 15) is 18.0 Å². The third kappa shape index (κ3) is 3.22. The highest BCUT2D eigenvalue weighted by molar-refractivity contribution is 7.15. The van der Waals surface area contributed by atoms with Gasteiger partial charge in [0.25, 0.3) is 5.91 Å². The average Bonchev–Trinajstić information content (AvgIpc) is 3.06. The van der Waals surface area contributed by atoms with E-state index in [2.05, 4.69) is 20.0 Å². The van der Waals surface area contributed by atoms with Crippen molar-refractivity contribution >= 4 is 17.2 Å². The zero-order valence-corrected chi connectivity index (χ0v) is 11.7. The molecular formula is C11H10F3N3O3S. The molecule has 0 aromatic carbocycles. The van der Waals surface area contributed by atoms with Crippen LogP contribution in [0.1, 0.15) is 16.9 Å². The smallest absolute Gasteiger partial charge is 0.366 e. The number of aromatic nitrogens is 2. The van der Waals surface area contributed by atoms with Crippen molar-refractivity contribution in [2.45, 2.75) is 12.3 Å². The predicted molar refractivity (Wildman–Crippen MR) is 66.4 cm³/mol. The van der Waals surface area contributed by atoms with E-state index in [-0.39, 0.29) is 11.7 Å². The Hall–Kier alpha value is -1.94. The standard InChI is InChI=1S/C11H10F3N3O3S/c1-15-9(18)7(19-2)5-3-4-6(21-5)8-16-10(20-17-8)11(12,13)14/h3-4,7H,1-2H3,(H,15,18). The number of methoxy groups -OCH3 is 1. The number of halogens is 3. The number of alkyl halides is 3. The number of nitrogens with zero attached hydrogens (tertiary/aromatic N) is 2. The van der Waals surface area contributed by atoms with Crippen molar-refractivity contribution in [3.63, 3.8) is 0 Å². The number of ether oxygens (including phenoxy) is 1. The Morgan fingerprint density at radius 1 is 1.48 bits per heavy atom. The molecule has 2 heterocycles. The second-order valence-electron chi connectivity index (χ2n) is 3.85. The molecule has 0 bridgehead atoms.